The lowest BCUT2D eigenvalue weighted by Gasteiger charge is -2.52. The van der Waals surface area contributed by atoms with Crippen LogP contribution in [0, 0.1) is 0 Å². The molecule has 2 spiro atoms. The number of aromatic nitrogens is 2. The molecule has 7 heterocycles. The van der Waals surface area contributed by atoms with Gasteiger partial charge in [-0.1, -0.05) is 73.5 Å². The van der Waals surface area contributed by atoms with Crippen molar-refractivity contribution in [3.8, 4) is 5.75 Å². The Morgan fingerprint density at radius 3 is 0.982 bits per heavy atom. The van der Waals surface area contributed by atoms with Crippen molar-refractivity contribution in [3.05, 3.63) is 148 Å². The second-order valence-electron chi connectivity index (χ2n) is 37.7. The monoisotopic (exact) mass is 1370 g/mol. The molecule has 33 aromatic carbocycles. The highest BCUT2D eigenvalue weighted by molar-refractivity contribution is 6.82. The summed E-state index contributed by atoms with van der Waals surface area (Å²) in [5.41, 5.74) is 16.0. The molecule has 35 aromatic rings. The van der Waals surface area contributed by atoms with Crippen LogP contribution in [0.15, 0.2) is 109 Å². The van der Waals surface area contributed by atoms with E-state index in [1.807, 2.05) is 0 Å². The van der Waals surface area contributed by atoms with Gasteiger partial charge in [0, 0.05) is 82.4 Å². The lowest BCUT2D eigenvalue weighted by atomic mass is 9.47. The standard InChI is InChI=1S/C104H46N4O/c1-105-31-103-98-90-82-72-62-54-46-44-45-48-52-50(46)58-66-60(52)70-64-56(48)57-49(45)53-51-47(44)55(54)63-69-59(51)67-61(53)71-65(57)75-74(64)86-80(70)88-78(66)84(76(82)68(58)62)92(98)94(88)100-96(86)97-87(75)81(71)89-79(67)85-77(69)83(73(63)72)91(90)99(103)93(85)95(89)101(97)104(100,103)102(105)34-17-19-35(20-18-34)109-26-9-3-2-8-23-106-29-32-15-21-42-38(27-32)36-11-4-6-13-40(36)107(42)24-10-25-108-41-14-7-5-12-37(41)39-28-33(30-106)16-22-43(39)108/h4-7,11-22,27-28,102H,2-3,8-10,23-26,29-31H2,1H3. The van der Waals surface area contributed by atoms with Gasteiger partial charge in [0.2, 0.25) is 0 Å². The van der Waals surface area contributed by atoms with Gasteiger partial charge in [-0.3, -0.25) is 9.80 Å². The molecule has 2 aromatic heterocycles. The van der Waals surface area contributed by atoms with E-state index in [9.17, 15) is 0 Å². The molecule has 1 fully saturated rings. The second-order valence-corrected chi connectivity index (χ2v) is 37.7. The van der Waals surface area contributed by atoms with Gasteiger partial charge in [0.15, 0.2) is 0 Å². The fourth-order valence-electron chi connectivity index (χ4n) is 33.3. The molecule has 1 saturated heterocycles. The molecule has 44 rings (SSSR count). The summed E-state index contributed by atoms with van der Waals surface area (Å²) >= 11 is 0. The Balaban J connectivity index is 0.515. The first-order valence-corrected chi connectivity index (χ1v) is 41.1. The highest BCUT2D eigenvalue weighted by Crippen LogP contribution is 2.87. The molecule has 1 atom stereocenters. The number of fused-ring (bicyclic) bond motifs is 2. The van der Waals surface area contributed by atoms with Gasteiger partial charge >= 0.3 is 0 Å². The van der Waals surface area contributed by atoms with Gasteiger partial charge in [-0.25, -0.2) is 0 Å². The van der Waals surface area contributed by atoms with Gasteiger partial charge in [-0.15, -0.1) is 0 Å². The molecule has 5 heteroatoms. The zero-order valence-corrected chi connectivity index (χ0v) is 58.7. The third-order valence-electron chi connectivity index (χ3n) is 35.0. The third kappa shape index (κ3) is 3.58. The Morgan fingerprint density at radius 1 is 0.312 bits per heavy atom. The number of aryl methyl sites for hydroxylation is 2. The van der Waals surface area contributed by atoms with Crippen molar-refractivity contribution in [2.45, 2.75) is 75.2 Å². The maximum atomic E-state index is 7.00. The highest BCUT2D eigenvalue weighted by Gasteiger charge is 2.76. The molecule has 0 radical (unpaired) electrons. The van der Waals surface area contributed by atoms with Crippen LogP contribution in [0.2, 0.25) is 0 Å². The fourth-order valence-corrected chi connectivity index (χ4v) is 33.3. The summed E-state index contributed by atoms with van der Waals surface area (Å²) in [7, 11) is 2.60. The molecule has 0 N–H and O–H groups in total. The summed E-state index contributed by atoms with van der Waals surface area (Å²) in [6.45, 7) is 6.61. The predicted molar refractivity (Wildman–Crippen MR) is 457 cm³/mol. The van der Waals surface area contributed by atoms with E-state index in [0.717, 1.165) is 77.3 Å². The first-order valence-electron chi connectivity index (χ1n) is 41.1. The molecule has 0 amide bonds. The van der Waals surface area contributed by atoms with Crippen LogP contribution in [0.4, 0.5) is 0 Å². The van der Waals surface area contributed by atoms with Crippen molar-refractivity contribution in [1.82, 2.24) is 18.9 Å². The topological polar surface area (TPSA) is 25.6 Å². The fraction of sp³-hybridized carbons (Fsp3) is 0.154. The van der Waals surface area contributed by atoms with E-state index in [2.05, 4.69) is 135 Å². The van der Waals surface area contributed by atoms with Crippen LogP contribution in [0.3, 0.4) is 0 Å². The van der Waals surface area contributed by atoms with Crippen molar-refractivity contribution in [2.75, 3.05) is 26.7 Å². The Bertz CT molecular complexity index is 9810. The van der Waals surface area contributed by atoms with Crippen LogP contribution in [0.25, 0.3) is 334 Å². The Kier molecular flexibility index (Phi) is 5.83. The number of likely N-dealkylation sites (N-methyl/N-ethyl adjacent to an activating group) is 1. The molecule has 488 valence electrons. The van der Waals surface area contributed by atoms with Gasteiger partial charge in [0.25, 0.3) is 0 Å². The van der Waals surface area contributed by atoms with Gasteiger partial charge in [0.1, 0.15) is 5.75 Å². The minimum atomic E-state index is -0.387. The van der Waals surface area contributed by atoms with Gasteiger partial charge in [-0.2, -0.15) is 0 Å². The highest BCUT2D eigenvalue weighted by atomic mass is 16.5. The number of hydrogen-bond acceptors (Lipinski definition) is 3. The number of likely N-dealkylation sites (tertiary alicyclic amines) is 1. The average Bonchev–Trinajstić information content (AvgIpc) is 1.38. The number of benzene rings is 23. The molecule has 5 aliphatic heterocycles. The predicted octanol–water partition coefficient (Wildman–Crippen LogP) is 26.2. The van der Waals surface area contributed by atoms with E-state index in [4.69, 9.17) is 4.74 Å². The van der Waals surface area contributed by atoms with Crippen LogP contribution in [0.1, 0.15) is 77.1 Å². The average molecular weight is 1370 g/mol. The molecule has 8 bridgehead atoms. The quantitative estimate of drug-likeness (QED) is 0.106. The third-order valence-corrected chi connectivity index (χ3v) is 35.0. The van der Waals surface area contributed by atoms with Crippen molar-refractivity contribution in [2.24, 2.45) is 0 Å². The SMILES string of the molecule is CN1CC23c4c5c6c7c8c9c(c%10c%11c2c2c4c4c%12c5c5c6c6c8c8c%13c9c9c%10c%10c%11c%11c2c2c4c4c%12c%12c5c5c6c8c6c8c%13c9c9c%10c%10c%11c2c2c4c4c%12c5c6c5c8c9c%10c2c45)C73C1c1ccc(OCCCCCCN2Cc3ccc4c(c3)c3ccccc3n4CCCn3c4ccccc4c4cc(ccc43)C2)cc1. The first-order chi connectivity index (χ1) is 54.2. The number of ether oxygens (including phenoxy) is 1. The minimum Gasteiger partial charge on any atom is -0.494 e. The number of hydrogen-bond donors (Lipinski definition) is 0. The maximum absolute atomic E-state index is 7.00. The number of unbranched alkanes of at least 4 members (excludes halogenated alkanes) is 3. The summed E-state index contributed by atoms with van der Waals surface area (Å²) in [5.74, 6) is 1.01. The van der Waals surface area contributed by atoms with Crippen LogP contribution in [-0.4, -0.2) is 45.7 Å². The Labute approximate surface area is 609 Å². The van der Waals surface area contributed by atoms with E-state index in [1.54, 1.807) is 313 Å². The summed E-state index contributed by atoms with van der Waals surface area (Å²) in [5, 5.41) is 95.4. The largest absolute Gasteiger partial charge is 0.494 e. The molecule has 5 nitrogen and oxygen atoms in total. The number of rotatable bonds is 9. The lowest BCUT2D eigenvalue weighted by molar-refractivity contribution is 0.247. The van der Waals surface area contributed by atoms with Crippen LogP contribution < -0.4 is 4.74 Å². The summed E-state index contributed by atoms with van der Waals surface area (Å²) in [6.07, 6.45) is 5.59. The van der Waals surface area contributed by atoms with Crippen molar-refractivity contribution in [3.63, 3.8) is 0 Å². The smallest absolute Gasteiger partial charge is 0.119 e. The van der Waals surface area contributed by atoms with Crippen LogP contribution >= 0.6 is 0 Å². The second kappa shape index (κ2) is 13.2. The zero-order valence-electron chi connectivity index (χ0n) is 58.7. The van der Waals surface area contributed by atoms with E-state index in [-0.39, 0.29) is 16.9 Å². The van der Waals surface area contributed by atoms with E-state index >= 15 is 0 Å². The normalized spacial score (nSPS) is 20.8. The minimum absolute atomic E-state index is 0.0893. The summed E-state index contributed by atoms with van der Waals surface area (Å²) in [4.78, 5) is 5.70. The van der Waals surface area contributed by atoms with Gasteiger partial charge in [-0.05, 0) is 411 Å². The molecule has 0 saturated carbocycles. The molecule has 4 aliphatic carbocycles. The molecule has 9 aliphatic rings. The van der Waals surface area contributed by atoms with Gasteiger partial charge in [0.05, 0.1) is 17.4 Å². The van der Waals surface area contributed by atoms with E-state index < -0.39 is 0 Å². The summed E-state index contributed by atoms with van der Waals surface area (Å²) in [6, 6.07) is 43.0. The first kappa shape index (κ1) is 48.2. The van der Waals surface area contributed by atoms with Crippen molar-refractivity contribution < 1.29 is 4.74 Å². The molecule has 109 heavy (non-hydrogen) atoms. The van der Waals surface area contributed by atoms with Crippen LogP contribution in [-0.2, 0) is 37.0 Å². The van der Waals surface area contributed by atoms with Crippen molar-refractivity contribution >= 4 is 334 Å². The zero-order chi connectivity index (χ0) is 67.2. The number of nitrogens with zero attached hydrogens (tertiary/aromatic N) is 4. The van der Waals surface area contributed by atoms with E-state index in [0.29, 0.717) is 0 Å². The lowest BCUT2D eigenvalue weighted by Crippen LogP contribution is -2.51. The maximum Gasteiger partial charge on any atom is 0.119 e. The molecular formula is C104H46N4O. The molecular weight excluding hydrogens is 1320 g/mol. The van der Waals surface area contributed by atoms with E-state index in [1.165, 1.54) is 66.7 Å². The number of para-hydroxylation sites is 2. The summed E-state index contributed by atoms with van der Waals surface area (Å²) < 4.78 is 12.2. The van der Waals surface area contributed by atoms with Gasteiger partial charge < -0.3 is 13.9 Å². The Morgan fingerprint density at radius 2 is 0.624 bits per heavy atom. The molecule has 1 unspecified atom stereocenters. The Hall–Kier alpha value is -12.1. The van der Waals surface area contributed by atoms with Crippen molar-refractivity contribution in [1.29, 1.82) is 0 Å². The van der Waals surface area contributed by atoms with Crippen LogP contribution in [0.5, 0.6) is 5.75 Å².